The van der Waals surface area contributed by atoms with Gasteiger partial charge in [-0.25, -0.2) is 0 Å². The van der Waals surface area contributed by atoms with Crippen LogP contribution in [-0.2, 0) is 0 Å². The van der Waals surface area contributed by atoms with Crippen LogP contribution in [0.25, 0.3) is 0 Å². The van der Waals surface area contributed by atoms with Crippen LogP contribution in [0.4, 0.5) is 0 Å². The molecule has 2 heterocycles. The minimum Gasteiger partial charge on any atom is -0.301 e. The number of hydrogen-bond acceptors (Lipinski definition) is 4. The Morgan fingerprint density at radius 2 is 1.44 bits per heavy atom. The fourth-order valence-corrected chi connectivity index (χ4v) is 1.97. The summed E-state index contributed by atoms with van der Waals surface area (Å²) in [7, 11) is 0. The lowest BCUT2D eigenvalue weighted by molar-refractivity contribution is 0.346. The quantitative estimate of drug-likeness (QED) is 0.409. The zero-order valence-corrected chi connectivity index (χ0v) is 10.1. The van der Waals surface area contributed by atoms with Crippen molar-refractivity contribution in [1.82, 2.24) is 21.3 Å². The number of rotatable bonds is 0. The molecule has 0 aromatic rings. The van der Waals surface area contributed by atoms with Gasteiger partial charge in [-0.1, -0.05) is 18.8 Å². The molecule has 4 heteroatoms. The standard InChI is InChI=1S/C12H22N4/c1-9-5-15-12(16-6-9)4-3-11-7-13-10(2)14-8-11/h9-16H,5-8H2,1-2H3. The fourth-order valence-electron chi connectivity index (χ4n) is 1.97. The second-order valence-corrected chi connectivity index (χ2v) is 4.88. The molecule has 90 valence electrons. The van der Waals surface area contributed by atoms with E-state index in [-0.39, 0.29) is 6.17 Å². The first-order chi connectivity index (χ1) is 7.74. The third-order valence-electron chi connectivity index (χ3n) is 3.11. The van der Waals surface area contributed by atoms with Gasteiger partial charge in [-0.2, -0.15) is 0 Å². The van der Waals surface area contributed by atoms with E-state index in [4.69, 9.17) is 0 Å². The molecule has 2 rings (SSSR count). The average Bonchev–Trinajstić information content (AvgIpc) is 2.30. The molecular weight excluding hydrogens is 200 g/mol. The molecule has 2 aliphatic heterocycles. The van der Waals surface area contributed by atoms with Gasteiger partial charge in [0, 0.05) is 32.1 Å². The molecule has 0 radical (unpaired) electrons. The third kappa shape index (κ3) is 3.46. The molecule has 2 saturated heterocycles. The Kier molecular flexibility index (Phi) is 4.19. The number of hydrogen-bond donors (Lipinski definition) is 4. The predicted octanol–water partition coefficient (Wildman–Crippen LogP) is -0.700. The molecule has 2 fully saturated rings. The van der Waals surface area contributed by atoms with Crippen molar-refractivity contribution in [3.63, 3.8) is 0 Å². The Balaban J connectivity index is 1.76. The molecule has 0 aliphatic carbocycles. The summed E-state index contributed by atoms with van der Waals surface area (Å²) in [5.41, 5.74) is 0. The van der Waals surface area contributed by atoms with Crippen molar-refractivity contribution in [2.45, 2.75) is 26.2 Å². The zero-order valence-electron chi connectivity index (χ0n) is 10.1. The lowest BCUT2D eigenvalue weighted by atomic mass is 10.1. The highest BCUT2D eigenvalue weighted by Crippen LogP contribution is 1.99. The second kappa shape index (κ2) is 5.65. The van der Waals surface area contributed by atoms with Crippen LogP contribution in [-0.4, -0.2) is 38.5 Å². The molecule has 0 aromatic heterocycles. The van der Waals surface area contributed by atoms with Crippen molar-refractivity contribution in [2.75, 3.05) is 26.2 Å². The van der Waals surface area contributed by atoms with E-state index in [1.807, 2.05) is 0 Å². The lowest BCUT2D eigenvalue weighted by Gasteiger charge is -2.27. The Labute approximate surface area is 97.9 Å². The van der Waals surface area contributed by atoms with Gasteiger partial charge in [0.1, 0.15) is 6.17 Å². The summed E-state index contributed by atoms with van der Waals surface area (Å²) in [6, 6.07) is 0. The zero-order chi connectivity index (χ0) is 11.4. The van der Waals surface area contributed by atoms with E-state index < -0.39 is 0 Å². The van der Waals surface area contributed by atoms with Gasteiger partial charge in [-0.05, 0) is 12.8 Å². The van der Waals surface area contributed by atoms with Gasteiger partial charge in [-0.15, -0.1) is 0 Å². The van der Waals surface area contributed by atoms with Crippen LogP contribution >= 0.6 is 0 Å². The molecule has 4 nitrogen and oxygen atoms in total. The first kappa shape index (κ1) is 11.9. The van der Waals surface area contributed by atoms with Crippen molar-refractivity contribution in [2.24, 2.45) is 11.8 Å². The van der Waals surface area contributed by atoms with E-state index in [2.05, 4.69) is 47.0 Å². The fraction of sp³-hybridized carbons (Fsp3) is 0.833. The normalized spacial score (nSPS) is 39.9. The summed E-state index contributed by atoms with van der Waals surface area (Å²) in [6.07, 6.45) is 0.598. The minimum absolute atomic E-state index is 0.176. The first-order valence-corrected chi connectivity index (χ1v) is 6.18. The molecule has 0 unspecified atom stereocenters. The predicted molar refractivity (Wildman–Crippen MR) is 65.7 cm³/mol. The van der Waals surface area contributed by atoms with Crippen LogP contribution in [0.15, 0.2) is 0 Å². The van der Waals surface area contributed by atoms with Gasteiger partial charge in [0.25, 0.3) is 0 Å². The van der Waals surface area contributed by atoms with E-state index in [0.29, 0.717) is 18.0 Å². The molecule has 0 bridgehead atoms. The molecule has 0 aromatic carbocycles. The van der Waals surface area contributed by atoms with Crippen LogP contribution in [0.2, 0.25) is 0 Å². The highest BCUT2D eigenvalue weighted by Gasteiger charge is 2.16. The summed E-state index contributed by atoms with van der Waals surface area (Å²) in [5, 5.41) is 13.5. The van der Waals surface area contributed by atoms with E-state index >= 15 is 0 Å². The summed E-state index contributed by atoms with van der Waals surface area (Å²) in [5.74, 6) is 7.74. The Morgan fingerprint density at radius 1 is 0.812 bits per heavy atom. The van der Waals surface area contributed by atoms with Crippen molar-refractivity contribution in [3.8, 4) is 11.8 Å². The van der Waals surface area contributed by atoms with Crippen LogP contribution in [0, 0.1) is 23.7 Å². The first-order valence-electron chi connectivity index (χ1n) is 6.18. The van der Waals surface area contributed by atoms with Gasteiger partial charge >= 0.3 is 0 Å². The molecule has 2 aliphatic rings. The lowest BCUT2D eigenvalue weighted by Crippen LogP contribution is -2.52. The Bertz CT molecular complexity index is 238. The van der Waals surface area contributed by atoms with Crippen LogP contribution < -0.4 is 21.3 Å². The summed E-state index contributed by atoms with van der Waals surface area (Å²) in [6.45, 7) is 8.47. The third-order valence-corrected chi connectivity index (χ3v) is 3.11. The van der Waals surface area contributed by atoms with Gasteiger partial charge in [0.2, 0.25) is 0 Å². The largest absolute Gasteiger partial charge is 0.301 e. The maximum Gasteiger partial charge on any atom is 0.121 e. The smallest absolute Gasteiger partial charge is 0.121 e. The van der Waals surface area contributed by atoms with Crippen molar-refractivity contribution in [1.29, 1.82) is 0 Å². The van der Waals surface area contributed by atoms with E-state index in [0.717, 1.165) is 26.2 Å². The molecule has 4 N–H and O–H groups in total. The second-order valence-electron chi connectivity index (χ2n) is 4.88. The average molecular weight is 222 g/mol. The molecule has 0 spiro atoms. The van der Waals surface area contributed by atoms with Crippen LogP contribution in [0.5, 0.6) is 0 Å². The van der Waals surface area contributed by atoms with Gasteiger partial charge in [0.15, 0.2) is 0 Å². The molecule has 0 saturated carbocycles. The van der Waals surface area contributed by atoms with Crippen molar-refractivity contribution >= 4 is 0 Å². The van der Waals surface area contributed by atoms with Crippen LogP contribution in [0.1, 0.15) is 13.8 Å². The Hall–Kier alpha value is -0.600. The summed E-state index contributed by atoms with van der Waals surface area (Å²) in [4.78, 5) is 0. The van der Waals surface area contributed by atoms with Crippen molar-refractivity contribution in [3.05, 3.63) is 0 Å². The SMILES string of the molecule is CC1CNC(C#CC2CNC(C)NC2)NC1. The van der Waals surface area contributed by atoms with Gasteiger partial charge < -0.3 is 10.6 Å². The Morgan fingerprint density at radius 3 is 2.06 bits per heavy atom. The minimum atomic E-state index is 0.176. The molecule has 0 amide bonds. The highest BCUT2D eigenvalue weighted by atomic mass is 15.1. The van der Waals surface area contributed by atoms with E-state index in [1.54, 1.807) is 0 Å². The van der Waals surface area contributed by atoms with E-state index in [9.17, 15) is 0 Å². The monoisotopic (exact) mass is 222 g/mol. The van der Waals surface area contributed by atoms with Crippen LogP contribution in [0.3, 0.4) is 0 Å². The highest BCUT2D eigenvalue weighted by molar-refractivity contribution is 5.12. The van der Waals surface area contributed by atoms with Gasteiger partial charge in [0.05, 0.1) is 6.17 Å². The molecule has 16 heavy (non-hydrogen) atoms. The maximum absolute atomic E-state index is 3.39. The summed E-state index contributed by atoms with van der Waals surface area (Å²) < 4.78 is 0. The number of nitrogens with one attached hydrogen (secondary N) is 4. The topological polar surface area (TPSA) is 48.1 Å². The van der Waals surface area contributed by atoms with E-state index in [1.165, 1.54) is 0 Å². The molecular formula is C12H22N4. The maximum atomic E-state index is 3.39. The summed E-state index contributed by atoms with van der Waals surface area (Å²) >= 11 is 0. The molecule has 0 atom stereocenters. The van der Waals surface area contributed by atoms with Crippen molar-refractivity contribution < 1.29 is 0 Å². The van der Waals surface area contributed by atoms with Gasteiger partial charge in [-0.3, -0.25) is 10.6 Å².